The number of sulfonamides is 1. The molecule has 32 heavy (non-hydrogen) atoms. The van der Waals surface area contributed by atoms with Crippen LogP contribution in [0.3, 0.4) is 0 Å². The lowest BCUT2D eigenvalue weighted by atomic mass is 10.1. The van der Waals surface area contributed by atoms with Crippen LogP contribution >= 0.6 is 0 Å². The van der Waals surface area contributed by atoms with Gasteiger partial charge in [-0.2, -0.15) is 0 Å². The number of para-hydroxylation sites is 1. The van der Waals surface area contributed by atoms with E-state index in [0.717, 1.165) is 24.0 Å². The predicted octanol–water partition coefficient (Wildman–Crippen LogP) is 4.56. The van der Waals surface area contributed by atoms with Crippen LogP contribution in [0.2, 0.25) is 0 Å². The Morgan fingerprint density at radius 1 is 0.844 bits per heavy atom. The summed E-state index contributed by atoms with van der Waals surface area (Å²) in [5, 5.41) is 2.87. The molecule has 3 aromatic carbocycles. The minimum atomic E-state index is -3.89. The Labute approximate surface area is 191 Å². The van der Waals surface area contributed by atoms with E-state index >= 15 is 0 Å². The zero-order chi connectivity index (χ0) is 23.1. The van der Waals surface area contributed by atoms with Gasteiger partial charge in [0.1, 0.15) is 6.54 Å². The number of carbonyl (C=O) groups excluding carboxylic acids is 1. The van der Waals surface area contributed by atoms with Gasteiger partial charge in [-0.1, -0.05) is 65.7 Å². The summed E-state index contributed by atoms with van der Waals surface area (Å²) in [5.41, 5.74) is 4.69. The van der Waals surface area contributed by atoms with E-state index in [1.165, 1.54) is 15.4 Å². The van der Waals surface area contributed by atoms with Crippen LogP contribution in [-0.2, 0) is 21.2 Å². The van der Waals surface area contributed by atoms with Gasteiger partial charge in [0.05, 0.1) is 10.6 Å². The van der Waals surface area contributed by atoms with Crippen molar-refractivity contribution in [3.63, 3.8) is 0 Å². The molecule has 0 aliphatic heterocycles. The fourth-order valence-corrected chi connectivity index (χ4v) is 4.93. The summed E-state index contributed by atoms with van der Waals surface area (Å²) in [6.45, 7) is 6.01. The van der Waals surface area contributed by atoms with Crippen molar-refractivity contribution in [3.05, 3.63) is 95.1 Å². The molecule has 1 N–H and O–H groups in total. The van der Waals surface area contributed by atoms with Crippen molar-refractivity contribution < 1.29 is 13.2 Å². The number of carbonyl (C=O) groups is 1. The summed E-state index contributed by atoms with van der Waals surface area (Å²) in [6, 6.07) is 22.2. The van der Waals surface area contributed by atoms with Gasteiger partial charge in [-0.05, 0) is 62.9 Å². The molecular weight excluding hydrogens is 420 g/mol. The Hall–Kier alpha value is -3.12. The van der Waals surface area contributed by atoms with Crippen molar-refractivity contribution in [2.75, 3.05) is 17.4 Å². The highest BCUT2D eigenvalue weighted by Gasteiger charge is 2.28. The zero-order valence-corrected chi connectivity index (χ0v) is 19.7. The van der Waals surface area contributed by atoms with Gasteiger partial charge in [-0.25, -0.2) is 8.42 Å². The fraction of sp³-hybridized carbons (Fsp3) is 0.269. The second kappa shape index (κ2) is 10.5. The Morgan fingerprint density at radius 2 is 1.44 bits per heavy atom. The molecule has 3 aromatic rings. The Bertz CT molecular complexity index is 1150. The molecule has 6 heteroatoms. The highest BCUT2D eigenvalue weighted by Crippen LogP contribution is 2.26. The lowest BCUT2D eigenvalue weighted by Crippen LogP contribution is -2.41. The maximum atomic E-state index is 13.4. The van der Waals surface area contributed by atoms with Gasteiger partial charge in [-0.15, -0.1) is 0 Å². The van der Waals surface area contributed by atoms with E-state index in [0.29, 0.717) is 12.2 Å². The summed E-state index contributed by atoms with van der Waals surface area (Å²) < 4.78 is 28.0. The second-order valence-corrected chi connectivity index (χ2v) is 9.91. The third-order valence-electron chi connectivity index (χ3n) is 5.37. The van der Waals surface area contributed by atoms with Gasteiger partial charge in [0.15, 0.2) is 0 Å². The predicted molar refractivity (Wildman–Crippen MR) is 129 cm³/mol. The monoisotopic (exact) mass is 450 g/mol. The number of nitrogens with one attached hydrogen (secondary N) is 1. The van der Waals surface area contributed by atoms with Crippen LogP contribution in [0.4, 0.5) is 5.69 Å². The van der Waals surface area contributed by atoms with Crippen molar-refractivity contribution >= 4 is 21.6 Å². The molecule has 168 valence electrons. The number of amides is 1. The van der Waals surface area contributed by atoms with Gasteiger partial charge >= 0.3 is 0 Å². The number of rotatable bonds is 9. The molecule has 0 aromatic heterocycles. The quantitative estimate of drug-likeness (QED) is 0.486. The Morgan fingerprint density at radius 3 is 2.06 bits per heavy atom. The molecule has 0 heterocycles. The maximum absolute atomic E-state index is 13.4. The first-order valence-corrected chi connectivity index (χ1v) is 12.2. The summed E-state index contributed by atoms with van der Waals surface area (Å²) in [6.07, 6.45) is 1.63. The number of aryl methyl sites for hydroxylation is 4. The first kappa shape index (κ1) is 23.5. The summed E-state index contributed by atoms with van der Waals surface area (Å²) in [7, 11) is -3.89. The molecule has 0 unspecified atom stereocenters. The minimum absolute atomic E-state index is 0.165. The third kappa shape index (κ3) is 5.98. The van der Waals surface area contributed by atoms with Crippen LogP contribution in [0.25, 0.3) is 0 Å². The fourth-order valence-electron chi connectivity index (χ4n) is 3.44. The van der Waals surface area contributed by atoms with Crippen LogP contribution in [-0.4, -0.2) is 27.4 Å². The highest BCUT2D eigenvalue weighted by molar-refractivity contribution is 7.92. The van der Waals surface area contributed by atoms with Gasteiger partial charge < -0.3 is 5.32 Å². The molecule has 0 fully saturated rings. The average molecular weight is 451 g/mol. The normalized spacial score (nSPS) is 11.2. The van der Waals surface area contributed by atoms with E-state index in [4.69, 9.17) is 0 Å². The van der Waals surface area contributed by atoms with Crippen LogP contribution in [0.5, 0.6) is 0 Å². The molecule has 0 saturated carbocycles. The highest BCUT2D eigenvalue weighted by atomic mass is 32.2. The molecule has 1 amide bonds. The van der Waals surface area contributed by atoms with Gasteiger partial charge in [-0.3, -0.25) is 9.10 Å². The van der Waals surface area contributed by atoms with Gasteiger partial charge in [0.2, 0.25) is 5.91 Å². The first-order chi connectivity index (χ1) is 15.3. The Balaban J connectivity index is 1.71. The van der Waals surface area contributed by atoms with E-state index in [2.05, 4.69) is 36.5 Å². The Kier molecular flexibility index (Phi) is 7.70. The van der Waals surface area contributed by atoms with E-state index in [-0.39, 0.29) is 17.3 Å². The molecular formula is C26H30N2O3S. The molecule has 5 nitrogen and oxygen atoms in total. The lowest BCUT2D eigenvalue weighted by molar-refractivity contribution is -0.119. The van der Waals surface area contributed by atoms with Crippen molar-refractivity contribution in [3.8, 4) is 0 Å². The van der Waals surface area contributed by atoms with Crippen LogP contribution in [0.15, 0.2) is 77.7 Å². The number of benzene rings is 3. The molecule has 0 aliphatic rings. The molecule has 3 rings (SSSR count). The van der Waals surface area contributed by atoms with Gasteiger partial charge in [0, 0.05) is 6.54 Å². The summed E-state index contributed by atoms with van der Waals surface area (Å²) in [4.78, 5) is 12.9. The largest absolute Gasteiger partial charge is 0.355 e. The second-order valence-electron chi connectivity index (χ2n) is 8.05. The number of anilines is 1. The van der Waals surface area contributed by atoms with Crippen molar-refractivity contribution in [1.82, 2.24) is 5.32 Å². The molecule has 0 saturated heterocycles. The number of hydrogen-bond acceptors (Lipinski definition) is 3. The van der Waals surface area contributed by atoms with E-state index in [9.17, 15) is 13.2 Å². The van der Waals surface area contributed by atoms with Gasteiger partial charge in [0.25, 0.3) is 10.0 Å². The third-order valence-corrected chi connectivity index (χ3v) is 7.14. The number of nitrogens with zero attached hydrogens (tertiary/aromatic N) is 1. The molecule has 0 aliphatic carbocycles. The smallest absolute Gasteiger partial charge is 0.264 e. The summed E-state index contributed by atoms with van der Waals surface area (Å²) >= 11 is 0. The average Bonchev–Trinajstić information content (AvgIpc) is 2.77. The van der Waals surface area contributed by atoms with Crippen molar-refractivity contribution in [1.29, 1.82) is 0 Å². The van der Waals surface area contributed by atoms with E-state index in [1.807, 2.05) is 26.0 Å². The van der Waals surface area contributed by atoms with Crippen molar-refractivity contribution in [2.24, 2.45) is 0 Å². The molecule has 0 spiro atoms. The zero-order valence-electron chi connectivity index (χ0n) is 18.8. The van der Waals surface area contributed by atoms with Crippen LogP contribution < -0.4 is 9.62 Å². The summed E-state index contributed by atoms with van der Waals surface area (Å²) in [5.74, 6) is -0.326. The SMILES string of the molecule is Cc1ccc(CCCNC(=O)CN(c2ccccc2C)S(=O)(=O)c2ccc(C)cc2)cc1. The minimum Gasteiger partial charge on any atom is -0.355 e. The number of hydrogen-bond donors (Lipinski definition) is 1. The molecule has 0 atom stereocenters. The van der Waals surface area contributed by atoms with Crippen LogP contribution in [0, 0.1) is 20.8 Å². The van der Waals surface area contributed by atoms with E-state index < -0.39 is 10.0 Å². The molecule has 0 radical (unpaired) electrons. The maximum Gasteiger partial charge on any atom is 0.264 e. The molecule has 0 bridgehead atoms. The standard InChI is InChI=1S/C26H30N2O3S/c1-20-10-14-23(15-11-20)8-6-18-27-26(29)19-28(25-9-5-4-7-22(25)3)32(30,31)24-16-12-21(2)13-17-24/h4-5,7,9-17H,6,8,18-19H2,1-3H3,(H,27,29). The first-order valence-electron chi connectivity index (χ1n) is 10.7. The van der Waals surface area contributed by atoms with E-state index in [1.54, 1.807) is 36.4 Å². The van der Waals surface area contributed by atoms with Crippen molar-refractivity contribution in [2.45, 2.75) is 38.5 Å². The van der Waals surface area contributed by atoms with Crippen LogP contribution in [0.1, 0.15) is 28.7 Å². The lowest BCUT2D eigenvalue weighted by Gasteiger charge is -2.25. The topological polar surface area (TPSA) is 66.5 Å².